The predicted octanol–water partition coefficient (Wildman–Crippen LogP) is 3.43. The Morgan fingerprint density at radius 1 is 1.10 bits per heavy atom. The molecule has 0 spiro atoms. The van der Waals surface area contributed by atoms with E-state index in [0.29, 0.717) is 11.3 Å². The lowest BCUT2D eigenvalue weighted by atomic mass is 10.1. The highest BCUT2D eigenvalue weighted by Gasteiger charge is 2.26. The minimum atomic E-state index is 0.343. The number of benzene rings is 2. The first-order chi connectivity index (χ1) is 9.90. The van der Waals surface area contributed by atoms with E-state index in [-0.39, 0.29) is 0 Å². The summed E-state index contributed by atoms with van der Waals surface area (Å²) in [5.41, 5.74) is 2.79. The van der Waals surface area contributed by atoms with E-state index in [1.54, 1.807) is 0 Å². The Bertz CT molecular complexity index is 603. The zero-order chi connectivity index (χ0) is 13.4. The Morgan fingerprint density at radius 3 is 2.90 bits per heavy atom. The summed E-state index contributed by atoms with van der Waals surface area (Å²) >= 11 is 2.00. The second-order valence-corrected chi connectivity index (χ2v) is 6.70. The molecule has 0 amide bonds. The molecule has 0 saturated carbocycles. The molecule has 0 saturated heterocycles. The molecule has 1 N–H and O–H groups in total. The van der Waals surface area contributed by atoms with Crippen LogP contribution in [0, 0.1) is 0 Å². The van der Waals surface area contributed by atoms with Crippen LogP contribution in [0.1, 0.15) is 17.2 Å². The highest BCUT2D eigenvalue weighted by Crippen LogP contribution is 2.37. The molecule has 2 heterocycles. The van der Waals surface area contributed by atoms with Gasteiger partial charge in [0.1, 0.15) is 12.4 Å². The highest BCUT2D eigenvalue weighted by molar-refractivity contribution is 8.00. The van der Waals surface area contributed by atoms with Gasteiger partial charge < -0.3 is 10.1 Å². The van der Waals surface area contributed by atoms with Gasteiger partial charge in [0.25, 0.3) is 0 Å². The maximum Gasteiger partial charge on any atom is 0.124 e. The van der Waals surface area contributed by atoms with Crippen LogP contribution < -0.4 is 10.1 Å². The average molecular weight is 283 g/mol. The van der Waals surface area contributed by atoms with E-state index in [4.69, 9.17) is 4.74 Å². The molecule has 2 aliphatic heterocycles. The van der Waals surface area contributed by atoms with Crippen LogP contribution in [-0.2, 0) is 6.42 Å². The Labute approximate surface area is 123 Å². The standard InChI is InChI=1S/C17H17NOS/c1-4-8-17-12(5-1)9-13(20-17)10-18-15-11-19-16-7-3-2-6-14(15)16/h1-8,13,15,18H,9-11H2. The fourth-order valence-electron chi connectivity index (χ4n) is 2.97. The smallest absolute Gasteiger partial charge is 0.124 e. The summed E-state index contributed by atoms with van der Waals surface area (Å²) < 4.78 is 5.72. The Balaban J connectivity index is 1.39. The quantitative estimate of drug-likeness (QED) is 0.932. The van der Waals surface area contributed by atoms with E-state index in [2.05, 4.69) is 47.8 Å². The van der Waals surface area contributed by atoms with Gasteiger partial charge in [0.15, 0.2) is 0 Å². The normalized spacial score (nSPS) is 23.2. The molecule has 0 aromatic heterocycles. The van der Waals surface area contributed by atoms with Crippen LogP contribution in [0.25, 0.3) is 0 Å². The number of thioether (sulfide) groups is 1. The largest absolute Gasteiger partial charge is 0.491 e. The monoisotopic (exact) mass is 283 g/mol. The first-order valence-electron chi connectivity index (χ1n) is 7.10. The second kappa shape index (κ2) is 5.15. The highest BCUT2D eigenvalue weighted by atomic mass is 32.2. The molecule has 3 heteroatoms. The Hall–Kier alpha value is -1.45. The lowest BCUT2D eigenvalue weighted by Crippen LogP contribution is -2.29. The summed E-state index contributed by atoms with van der Waals surface area (Å²) in [7, 11) is 0. The number of hydrogen-bond donors (Lipinski definition) is 1. The van der Waals surface area contributed by atoms with Crippen LogP contribution in [0.15, 0.2) is 53.4 Å². The van der Waals surface area contributed by atoms with Crippen molar-refractivity contribution in [3.05, 3.63) is 59.7 Å². The summed E-state index contributed by atoms with van der Waals surface area (Å²) in [5, 5.41) is 4.31. The van der Waals surface area contributed by atoms with Crippen molar-refractivity contribution in [2.45, 2.75) is 22.6 Å². The van der Waals surface area contributed by atoms with Crippen LogP contribution >= 0.6 is 11.8 Å². The van der Waals surface area contributed by atoms with E-state index in [1.165, 1.54) is 22.4 Å². The Kier molecular flexibility index (Phi) is 3.17. The third-order valence-electron chi connectivity index (χ3n) is 4.01. The minimum Gasteiger partial charge on any atom is -0.491 e. The third-order valence-corrected chi connectivity index (χ3v) is 5.32. The fraction of sp³-hybridized carbons (Fsp3) is 0.294. The van der Waals surface area contributed by atoms with Crippen molar-refractivity contribution in [2.75, 3.05) is 13.2 Å². The van der Waals surface area contributed by atoms with Gasteiger partial charge in [0, 0.05) is 22.3 Å². The zero-order valence-corrected chi connectivity index (χ0v) is 12.0. The average Bonchev–Trinajstić information content (AvgIpc) is 3.08. The van der Waals surface area contributed by atoms with Crippen molar-refractivity contribution in [1.29, 1.82) is 0 Å². The molecule has 4 rings (SSSR count). The molecule has 2 aliphatic rings. The maximum atomic E-state index is 5.72. The van der Waals surface area contributed by atoms with Crippen molar-refractivity contribution < 1.29 is 4.74 Å². The van der Waals surface area contributed by atoms with Gasteiger partial charge in [-0.05, 0) is 24.1 Å². The second-order valence-electron chi connectivity index (χ2n) is 5.36. The van der Waals surface area contributed by atoms with Crippen molar-refractivity contribution in [1.82, 2.24) is 5.32 Å². The van der Waals surface area contributed by atoms with Crippen molar-refractivity contribution in [3.63, 3.8) is 0 Å². The first-order valence-corrected chi connectivity index (χ1v) is 7.98. The summed E-state index contributed by atoms with van der Waals surface area (Å²) in [6.45, 7) is 1.78. The van der Waals surface area contributed by atoms with Gasteiger partial charge in [-0.3, -0.25) is 0 Å². The molecular formula is C17H17NOS. The molecule has 102 valence electrons. The molecule has 0 fully saturated rings. The van der Waals surface area contributed by atoms with Gasteiger partial charge >= 0.3 is 0 Å². The number of para-hydroxylation sites is 1. The van der Waals surface area contributed by atoms with Crippen molar-refractivity contribution in [2.24, 2.45) is 0 Å². The van der Waals surface area contributed by atoms with Crippen LogP contribution in [0.3, 0.4) is 0 Å². The summed E-state index contributed by atoms with van der Waals surface area (Å²) in [4.78, 5) is 1.45. The maximum absolute atomic E-state index is 5.72. The summed E-state index contributed by atoms with van der Waals surface area (Å²) in [6.07, 6.45) is 1.17. The van der Waals surface area contributed by atoms with Crippen LogP contribution in [0.2, 0.25) is 0 Å². The molecule has 0 bridgehead atoms. The number of hydrogen-bond acceptors (Lipinski definition) is 3. The van der Waals surface area contributed by atoms with Crippen LogP contribution in [0.5, 0.6) is 5.75 Å². The molecule has 20 heavy (non-hydrogen) atoms. The molecule has 2 aromatic rings. The number of nitrogens with one attached hydrogen (secondary N) is 1. The summed E-state index contributed by atoms with van der Waals surface area (Å²) in [6, 6.07) is 17.4. The fourth-order valence-corrected chi connectivity index (χ4v) is 4.23. The van der Waals surface area contributed by atoms with E-state index in [9.17, 15) is 0 Å². The molecule has 2 atom stereocenters. The van der Waals surface area contributed by atoms with Gasteiger partial charge in [0.2, 0.25) is 0 Å². The lowest BCUT2D eigenvalue weighted by molar-refractivity contribution is 0.311. The van der Waals surface area contributed by atoms with Crippen LogP contribution in [0.4, 0.5) is 0 Å². The number of ether oxygens (including phenoxy) is 1. The van der Waals surface area contributed by atoms with Gasteiger partial charge in [-0.15, -0.1) is 11.8 Å². The zero-order valence-electron chi connectivity index (χ0n) is 11.2. The van der Waals surface area contributed by atoms with Gasteiger partial charge in [-0.2, -0.15) is 0 Å². The van der Waals surface area contributed by atoms with E-state index < -0.39 is 0 Å². The first kappa shape index (κ1) is 12.3. The predicted molar refractivity (Wildman–Crippen MR) is 82.5 cm³/mol. The van der Waals surface area contributed by atoms with E-state index >= 15 is 0 Å². The van der Waals surface area contributed by atoms with Crippen molar-refractivity contribution in [3.8, 4) is 5.75 Å². The summed E-state index contributed by atoms with van der Waals surface area (Å²) in [5.74, 6) is 1.03. The van der Waals surface area contributed by atoms with Gasteiger partial charge in [0.05, 0.1) is 6.04 Å². The molecular weight excluding hydrogens is 266 g/mol. The van der Waals surface area contributed by atoms with Gasteiger partial charge in [-0.1, -0.05) is 36.4 Å². The van der Waals surface area contributed by atoms with E-state index in [0.717, 1.165) is 18.9 Å². The lowest BCUT2D eigenvalue weighted by Gasteiger charge is -2.15. The Morgan fingerprint density at radius 2 is 1.95 bits per heavy atom. The molecule has 0 aliphatic carbocycles. The molecule has 2 nitrogen and oxygen atoms in total. The third kappa shape index (κ3) is 2.21. The number of rotatable bonds is 3. The molecule has 2 unspecified atom stereocenters. The van der Waals surface area contributed by atoms with Crippen LogP contribution in [-0.4, -0.2) is 18.4 Å². The number of fused-ring (bicyclic) bond motifs is 2. The topological polar surface area (TPSA) is 21.3 Å². The molecule has 0 radical (unpaired) electrons. The SMILES string of the molecule is c1ccc2c(c1)CC(CNC1COc3ccccc31)S2. The minimum absolute atomic E-state index is 0.343. The van der Waals surface area contributed by atoms with Gasteiger partial charge in [-0.25, -0.2) is 0 Å². The van der Waals surface area contributed by atoms with Crippen molar-refractivity contribution >= 4 is 11.8 Å². The molecule has 2 aromatic carbocycles. The van der Waals surface area contributed by atoms with E-state index in [1.807, 2.05) is 17.8 Å².